The standard InChI is InChI=1S/C8H17NO4/c1-9(3-4-13-2)6-7(10)5-8(11)12/h7,10H,3-6H2,1-2H3,(H,11,12). The van der Waals surface area contributed by atoms with Crippen molar-refractivity contribution in [3.05, 3.63) is 0 Å². The molecule has 0 bridgehead atoms. The van der Waals surface area contributed by atoms with Crippen LogP contribution in [0.5, 0.6) is 0 Å². The minimum absolute atomic E-state index is 0.211. The third-order valence-corrected chi connectivity index (χ3v) is 1.61. The molecule has 0 spiro atoms. The first-order valence-corrected chi connectivity index (χ1v) is 4.13. The lowest BCUT2D eigenvalue weighted by Gasteiger charge is -2.18. The number of methoxy groups -OCH3 is 1. The third-order valence-electron chi connectivity index (χ3n) is 1.61. The van der Waals surface area contributed by atoms with Gasteiger partial charge in [0.1, 0.15) is 0 Å². The summed E-state index contributed by atoms with van der Waals surface area (Å²) in [6.45, 7) is 1.62. The van der Waals surface area contributed by atoms with Crippen LogP contribution in [0.4, 0.5) is 0 Å². The highest BCUT2D eigenvalue weighted by atomic mass is 16.5. The molecule has 0 saturated heterocycles. The molecule has 2 N–H and O–H groups in total. The number of carboxylic acids is 1. The second-order valence-corrected chi connectivity index (χ2v) is 3.01. The molecule has 0 aliphatic carbocycles. The lowest BCUT2D eigenvalue weighted by Crippen LogP contribution is -2.32. The fourth-order valence-electron chi connectivity index (χ4n) is 0.964. The summed E-state index contributed by atoms with van der Waals surface area (Å²) in [5, 5.41) is 17.6. The number of nitrogens with zero attached hydrogens (tertiary/aromatic N) is 1. The van der Waals surface area contributed by atoms with Crippen LogP contribution in [0.15, 0.2) is 0 Å². The fraction of sp³-hybridized carbons (Fsp3) is 0.875. The second-order valence-electron chi connectivity index (χ2n) is 3.01. The lowest BCUT2D eigenvalue weighted by molar-refractivity contribution is -0.139. The molecule has 0 heterocycles. The van der Waals surface area contributed by atoms with E-state index in [2.05, 4.69) is 0 Å². The first-order chi connectivity index (χ1) is 6.06. The Morgan fingerprint density at radius 3 is 2.69 bits per heavy atom. The number of carbonyl (C=O) groups is 1. The van der Waals surface area contributed by atoms with Crippen LogP contribution >= 0.6 is 0 Å². The van der Waals surface area contributed by atoms with Crippen molar-refractivity contribution in [1.82, 2.24) is 4.90 Å². The zero-order chi connectivity index (χ0) is 10.3. The molecule has 0 aliphatic rings. The molecule has 78 valence electrons. The summed E-state index contributed by atoms with van der Waals surface area (Å²) >= 11 is 0. The largest absolute Gasteiger partial charge is 0.481 e. The molecule has 0 aliphatic heterocycles. The lowest BCUT2D eigenvalue weighted by atomic mass is 10.2. The summed E-state index contributed by atoms with van der Waals surface area (Å²) in [4.78, 5) is 12.0. The van der Waals surface area contributed by atoms with Crippen molar-refractivity contribution >= 4 is 5.97 Å². The summed E-state index contributed by atoms with van der Waals surface area (Å²) < 4.78 is 4.84. The number of carboxylic acid groups (broad SMARTS) is 1. The van der Waals surface area contributed by atoms with Gasteiger partial charge in [0.15, 0.2) is 0 Å². The monoisotopic (exact) mass is 191 g/mol. The van der Waals surface area contributed by atoms with Crippen molar-refractivity contribution in [1.29, 1.82) is 0 Å². The van der Waals surface area contributed by atoms with Gasteiger partial charge in [-0.1, -0.05) is 0 Å². The molecule has 5 heteroatoms. The van der Waals surface area contributed by atoms with Gasteiger partial charge < -0.3 is 19.8 Å². The Labute approximate surface area is 77.9 Å². The van der Waals surface area contributed by atoms with Crippen LogP contribution in [-0.4, -0.2) is 61.0 Å². The second kappa shape index (κ2) is 6.82. The van der Waals surface area contributed by atoms with Gasteiger partial charge in [-0.3, -0.25) is 4.79 Å². The van der Waals surface area contributed by atoms with Crippen LogP contribution in [0.2, 0.25) is 0 Å². The maximum Gasteiger partial charge on any atom is 0.306 e. The van der Waals surface area contributed by atoms with Gasteiger partial charge in [0.2, 0.25) is 0 Å². The van der Waals surface area contributed by atoms with E-state index in [1.54, 1.807) is 7.11 Å². The number of aliphatic hydroxyl groups excluding tert-OH is 1. The third kappa shape index (κ3) is 7.70. The quantitative estimate of drug-likeness (QED) is 0.562. The van der Waals surface area contributed by atoms with Crippen LogP contribution in [0.25, 0.3) is 0 Å². The number of aliphatic carboxylic acids is 1. The Bertz CT molecular complexity index is 151. The van der Waals surface area contributed by atoms with Gasteiger partial charge in [-0.2, -0.15) is 0 Å². The van der Waals surface area contributed by atoms with Crippen molar-refractivity contribution in [3.63, 3.8) is 0 Å². The maximum absolute atomic E-state index is 10.2. The Morgan fingerprint density at radius 2 is 2.23 bits per heavy atom. The fourth-order valence-corrected chi connectivity index (χ4v) is 0.964. The molecule has 0 saturated carbocycles. The molecule has 0 rings (SSSR count). The van der Waals surface area contributed by atoms with Crippen molar-refractivity contribution < 1.29 is 19.7 Å². The highest BCUT2D eigenvalue weighted by molar-refractivity contribution is 5.67. The minimum Gasteiger partial charge on any atom is -0.481 e. The number of hydrogen-bond acceptors (Lipinski definition) is 4. The van der Waals surface area contributed by atoms with Crippen LogP contribution in [0.3, 0.4) is 0 Å². The summed E-state index contributed by atoms with van der Waals surface area (Å²) in [5.41, 5.74) is 0. The van der Waals surface area contributed by atoms with Crippen molar-refractivity contribution in [2.45, 2.75) is 12.5 Å². The first-order valence-electron chi connectivity index (χ1n) is 4.13. The predicted molar refractivity (Wildman–Crippen MR) is 47.6 cm³/mol. The van der Waals surface area contributed by atoms with E-state index < -0.39 is 12.1 Å². The van der Waals surface area contributed by atoms with Gasteiger partial charge in [0.25, 0.3) is 0 Å². The molecule has 0 radical (unpaired) electrons. The van der Waals surface area contributed by atoms with E-state index >= 15 is 0 Å². The minimum atomic E-state index is -0.979. The molecule has 5 nitrogen and oxygen atoms in total. The van der Waals surface area contributed by atoms with Gasteiger partial charge in [0, 0.05) is 20.2 Å². The van der Waals surface area contributed by atoms with Gasteiger partial charge in [0.05, 0.1) is 19.1 Å². The molecule has 13 heavy (non-hydrogen) atoms. The highest BCUT2D eigenvalue weighted by Gasteiger charge is 2.11. The topological polar surface area (TPSA) is 70.0 Å². The SMILES string of the molecule is COCCN(C)CC(O)CC(=O)O. The van der Waals surface area contributed by atoms with E-state index in [-0.39, 0.29) is 6.42 Å². The normalized spacial score (nSPS) is 13.2. The van der Waals surface area contributed by atoms with Crippen molar-refractivity contribution in [2.75, 3.05) is 33.9 Å². The summed E-state index contributed by atoms with van der Waals surface area (Å²) in [6, 6.07) is 0. The molecule has 1 atom stereocenters. The molecule has 0 aromatic carbocycles. The van der Waals surface area contributed by atoms with Crippen molar-refractivity contribution in [3.8, 4) is 0 Å². The van der Waals surface area contributed by atoms with E-state index in [4.69, 9.17) is 9.84 Å². The Morgan fingerprint density at radius 1 is 1.62 bits per heavy atom. The van der Waals surface area contributed by atoms with Gasteiger partial charge in [-0.25, -0.2) is 0 Å². The van der Waals surface area contributed by atoms with Gasteiger partial charge in [-0.05, 0) is 7.05 Å². The number of aliphatic hydroxyl groups is 1. The summed E-state index contributed by atoms with van der Waals surface area (Å²) in [5.74, 6) is -0.979. The Hall–Kier alpha value is -0.650. The molecular formula is C8H17NO4. The van der Waals surface area contributed by atoms with Crippen LogP contribution in [0, 0.1) is 0 Å². The maximum atomic E-state index is 10.2. The van der Waals surface area contributed by atoms with Crippen molar-refractivity contribution in [2.24, 2.45) is 0 Å². The van der Waals surface area contributed by atoms with E-state index in [9.17, 15) is 9.90 Å². The molecule has 0 fully saturated rings. The number of likely N-dealkylation sites (N-methyl/N-ethyl adjacent to an activating group) is 1. The van der Waals surface area contributed by atoms with E-state index in [0.29, 0.717) is 19.7 Å². The average Bonchev–Trinajstić information content (AvgIpc) is 1.98. The zero-order valence-electron chi connectivity index (χ0n) is 8.06. The Balaban J connectivity index is 3.52. The predicted octanol–water partition coefficient (Wildman–Crippen LogP) is -0.600. The molecule has 1 unspecified atom stereocenters. The number of ether oxygens (including phenoxy) is 1. The molecular weight excluding hydrogens is 174 g/mol. The van der Waals surface area contributed by atoms with Gasteiger partial charge >= 0.3 is 5.97 Å². The van der Waals surface area contributed by atoms with E-state index in [1.165, 1.54) is 0 Å². The molecule has 0 amide bonds. The van der Waals surface area contributed by atoms with E-state index in [0.717, 1.165) is 0 Å². The zero-order valence-corrected chi connectivity index (χ0v) is 8.06. The summed E-state index contributed by atoms with van der Waals surface area (Å²) in [7, 11) is 3.41. The first kappa shape index (κ1) is 12.3. The van der Waals surface area contributed by atoms with E-state index in [1.807, 2.05) is 11.9 Å². The molecule has 0 aromatic heterocycles. The highest BCUT2D eigenvalue weighted by Crippen LogP contribution is 1.94. The average molecular weight is 191 g/mol. The van der Waals surface area contributed by atoms with Crippen LogP contribution < -0.4 is 0 Å². The number of rotatable bonds is 7. The summed E-state index contributed by atoms with van der Waals surface area (Å²) in [6.07, 6.45) is -1.02. The van der Waals surface area contributed by atoms with Crippen LogP contribution in [-0.2, 0) is 9.53 Å². The van der Waals surface area contributed by atoms with Crippen LogP contribution in [0.1, 0.15) is 6.42 Å². The smallest absolute Gasteiger partial charge is 0.306 e. The molecule has 0 aromatic rings. The Kier molecular flexibility index (Phi) is 6.48. The number of hydrogen-bond donors (Lipinski definition) is 2. The van der Waals surface area contributed by atoms with Gasteiger partial charge in [-0.15, -0.1) is 0 Å².